The Hall–Kier alpha value is -2.96. The second-order valence-corrected chi connectivity index (χ2v) is 8.21. The summed E-state index contributed by atoms with van der Waals surface area (Å²) in [4.78, 5) is 35.8. The average molecular weight is 409 g/mol. The molecule has 2 aliphatic rings. The van der Waals surface area contributed by atoms with Crippen molar-refractivity contribution in [3.8, 4) is 0 Å². The molecular weight excluding hydrogens is 380 g/mol. The smallest absolute Gasteiger partial charge is 0.338 e. The zero-order valence-corrected chi connectivity index (χ0v) is 17.9. The molecule has 0 radical (unpaired) electrons. The van der Waals surface area contributed by atoms with Gasteiger partial charge < -0.3 is 15.0 Å². The fourth-order valence-electron chi connectivity index (χ4n) is 4.56. The number of hydrogen-bond donors (Lipinski definition) is 1. The Morgan fingerprint density at radius 2 is 2.03 bits per heavy atom. The van der Waals surface area contributed by atoms with Gasteiger partial charge in [-0.25, -0.2) is 14.8 Å². The number of rotatable bonds is 5. The molecule has 1 aromatic carbocycles. The van der Waals surface area contributed by atoms with Crippen molar-refractivity contribution in [3.63, 3.8) is 0 Å². The molecule has 158 valence electrons. The molecule has 4 rings (SSSR count). The minimum Gasteiger partial charge on any atom is -0.462 e. The van der Waals surface area contributed by atoms with Crippen LogP contribution in [0.2, 0.25) is 0 Å². The molecule has 3 atom stereocenters. The summed E-state index contributed by atoms with van der Waals surface area (Å²) < 4.78 is 5.19. The fourth-order valence-corrected chi connectivity index (χ4v) is 4.56. The van der Waals surface area contributed by atoms with Gasteiger partial charge in [-0.15, -0.1) is 0 Å². The van der Waals surface area contributed by atoms with Gasteiger partial charge in [0.05, 0.1) is 18.2 Å². The highest BCUT2D eigenvalue weighted by Gasteiger charge is 2.47. The molecule has 7 nitrogen and oxygen atoms in total. The van der Waals surface area contributed by atoms with Crippen LogP contribution in [0.25, 0.3) is 0 Å². The monoisotopic (exact) mass is 408 g/mol. The number of ether oxygens (including phenoxy) is 1. The first-order chi connectivity index (χ1) is 14.4. The Kier molecular flexibility index (Phi) is 5.45. The Bertz CT molecular complexity index is 973. The summed E-state index contributed by atoms with van der Waals surface area (Å²) in [6.07, 6.45) is 3.99. The lowest BCUT2D eigenvalue weighted by Gasteiger charge is -2.45. The van der Waals surface area contributed by atoms with E-state index in [9.17, 15) is 9.59 Å². The number of hydrogen-bond acceptors (Lipinski definition) is 6. The Morgan fingerprint density at radius 1 is 1.27 bits per heavy atom. The van der Waals surface area contributed by atoms with Crippen LogP contribution in [0.3, 0.4) is 0 Å². The van der Waals surface area contributed by atoms with Crippen molar-refractivity contribution in [2.75, 3.05) is 16.8 Å². The van der Waals surface area contributed by atoms with Gasteiger partial charge in [0.2, 0.25) is 11.9 Å². The number of aromatic nitrogens is 2. The summed E-state index contributed by atoms with van der Waals surface area (Å²) in [6, 6.07) is 7.29. The van der Waals surface area contributed by atoms with Crippen LogP contribution < -0.4 is 10.2 Å². The molecule has 1 saturated carbocycles. The maximum atomic E-state index is 12.7. The van der Waals surface area contributed by atoms with Gasteiger partial charge in [-0.05, 0) is 62.4 Å². The second kappa shape index (κ2) is 8.05. The molecule has 1 aliphatic heterocycles. The number of fused-ring (bicyclic) bond motifs is 1. The first-order valence-corrected chi connectivity index (χ1v) is 10.6. The van der Waals surface area contributed by atoms with E-state index in [4.69, 9.17) is 4.74 Å². The quantitative estimate of drug-likeness (QED) is 0.756. The van der Waals surface area contributed by atoms with E-state index in [0.29, 0.717) is 24.0 Å². The van der Waals surface area contributed by atoms with Crippen molar-refractivity contribution in [3.05, 3.63) is 47.3 Å². The maximum absolute atomic E-state index is 12.7. The molecule has 2 heterocycles. The minimum atomic E-state index is -0.364. The largest absolute Gasteiger partial charge is 0.462 e. The van der Waals surface area contributed by atoms with Crippen molar-refractivity contribution >= 4 is 23.5 Å². The van der Waals surface area contributed by atoms with Gasteiger partial charge in [0.15, 0.2) is 0 Å². The van der Waals surface area contributed by atoms with Crippen LogP contribution in [-0.4, -0.2) is 34.5 Å². The first-order valence-electron chi connectivity index (χ1n) is 10.6. The van der Waals surface area contributed by atoms with E-state index in [0.717, 1.165) is 29.8 Å². The summed E-state index contributed by atoms with van der Waals surface area (Å²) in [5.74, 6) is 0.816. The molecule has 1 fully saturated rings. The highest BCUT2D eigenvalue weighted by molar-refractivity contribution is 5.96. The van der Waals surface area contributed by atoms with Crippen LogP contribution in [0.4, 0.5) is 11.6 Å². The third kappa shape index (κ3) is 3.76. The minimum absolute atomic E-state index is 0.0224. The number of benzene rings is 1. The van der Waals surface area contributed by atoms with E-state index in [1.165, 1.54) is 0 Å². The topological polar surface area (TPSA) is 84.4 Å². The van der Waals surface area contributed by atoms with Gasteiger partial charge in [-0.3, -0.25) is 4.79 Å². The van der Waals surface area contributed by atoms with Gasteiger partial charge in [0.25, 0.3) is 0 Å². The predicted molar refractivity (Wildman–Crippen MR) is 114 cm³/mol. The van der Waals surface area contributed by atoms with Crippen LogP contribution >= 0.6 is 0 Å². The van der Waals surface area contributed by atoms with E-state index in [-0.39, 0.29) is 29.9 Å². The van der Waals surface area contributed by atoms with Crippen LogP contribution in [-0.2, 0) is 9.53 Å². The lowest BCUT2D eigenvalue weighted by molar-refractivity contribution is -0.117. The number of anilines is 2. The van der Waals surface area contributed by atoms with E-state index in [2.05, 4.69) is 22.2 Å². The first kappa shape index (κ1) is 20.3. The molecule has 7 heteroatoms. The number of amides is 1. The lowest BCUT2D eigenvalue weighted by atomic mass is 9.79. The molecule has 1 aromatic heterocycles. The Balaban J connectivity index is 1.81. The van der Waals surface area contributed by atoms with E-state index < -0.39 is 0 Å². The predicted octanol–water partition coefficient (Wildman–Crippen LogP) is 3.90. The van der Waals surface area contributed by atoms with Crippen LogP contribution in [0, 0.1) is 18.8 Å². The molecule has 0 spiro atoms. The SMILES string of the molecule is CCOC(=O)c1ccc2c(c1)[C@H](Nc1nccc(C)n1)[C@@H](C)[C@H](C1CC1)N2C(C)=O. The van der Waals surface area contributed by atoms with Crippen molar-refractivity contribution in [2.24, 2.45) is 11.8 Å². The number of nitrogens with one attached hydrogen (secondary N) is 1. The van der Waals surface area contributed by atoms with E-state index in [1.54, 1.807) is 26.1 Å². The van der Waals surface area contributed by atoms with Gasteiger partial charge >= 0.3 is 5.97 Å². The Morgan fingerprint density at radius 3 is 2.67 bits per heavy atom. The van der Waals surface area contributed by atoms with Crippen LogP contribution in [0.5, 0.6) is 0 Å². The van der Waals surface area contributed by atoms with Crippen molar-refractivity contribution in [1.29, 1.82) is 0 Å². The Labute approximate surface area is 176 Å². The molecule has 0 saturated heterocycles. The summed E-state index contributed by atoms with van der Waals surface area (Å²) in [5, 5.41) is 3.49. The van der Waals surface area contributed by atoms with E-state index in [1.807, 2.05) is 30.0 Å². The highest BCUT2D eigenvalue weighted by Crippen LogP contribution is 2.50. The summed E-state index contributed by atoms with van der Waals surface area (Å²) in [7, 11) is 0. The molecular formula is C23H28N4O3. The van der Waals surface area contributed by atoms with Crippen molar-refractivity contribution < 1.29 is 14.3 Å². The maximum Gasteiger partial charge on any atom is 0.338 e. The summed E-state index contributed by atoms with van der Waals surface area (Å²) in [5.41, 5.74) is 3.09. The van der Waals surface area contributed by atoms with Crippen molar-refractivity contribution in [2.45, 2.75) is 52.6 Å². The molecule has 0 unspecified atom stereocenters. The normalized spacial score (nSPS) is 22.9. The lowest BCUT2D eigenvalue weighted by Crippen LogP contribution is -2.51. The van der Waals surface area contributed by atoms with Crippen LogP contribution in [0.1, 0.15) is 61.3 Å². The van der Waals surface area contributed by atoms with Gasteiger partial charge in [0, 0.05) is 36.5 Å². The molecule has 1 N–H and O–H groups in total. The number of aryl methyl sites for hydroxylation is 1. The molecule has 2 aromatic rings. The summed E-state index contributed by atoms with van der Waals surface area (Å²) in [6.45, 7) is 7.80. The molecule has 1 amide bonds. The van der Waals surface area contributed by atoms with E-state index >= 15 is 0 Å². The van der Waals surface area contributed by atoms with Gasteiger partial charge in [-0.2, -0.15) is 0 Å². The molecule has 0 bridgehead atoms. The molecule has 1 aliphatic carbocycles. The number of carbonyl (C=O) groups excluding carboxylic acids is 2. The van der Waals surface area contributed by atoms with Gasteiger partial charge in [0.1, 0.15) is 0 Å². The fraction of sp³-hybridized carbons (Fsp3) is 0.478. The molecule has 30 heavy (non-hydrogen) atoms. The highest BCUT2D eigenvalue weighted by atomic mass is 16.5. The number of nitrogens with zero attached hydrogens (tertiary/aromatic N) is 3. The summed E-state index contributed by atoms with van der Waals surface area (Å²) >= 11 is 0. The zero-order valence-electron chi connectivity index (χ0n) is 17.9. The van der Waals surface area contributed by atoms with Crippen molar-refractivity contribution in [1.82, 2.24) is 9.97 Å². The van der Waals surface area contributed by atoms with Gasteiger partial charge in [-0.1, -0.05) is 6.92 Å². The third-order valence-corrected chi connectivity index (χ3v) is 6.02. The number of esters is 1. The van der Waals surface area contributed by atoms with Crippen LogP contribution in [0.15, 0.2) is 30.5 Å². The average Bonchev–Trinajstić information content (AvgIpc) is 3.54. The third-order valence-electron chi connectivity index (χ3n) is 6.02. The second-order valence-electron chi connectivity index (χ2n) is 8.21. The standard InChI is InChI=1S/C23H28N4O3/c1-5-30-22(29)17-8-9-19-18(12-17)20(26-23-24-11-10-13(2)25-23)14(3)21(16-6-7-16)27(19)15(4)28/h8-12,14,16,20-21H,5-7H2,1-4H3,(H,24,25,26)/t14-,20-,21-/m1/s1. The number of carbonyl (C=O) groups is 2. The zero-order chi connectivity index (χ0) is 21.4.